The second kappa shape index (κ2) is 5.71. The van der Waals surface area contributed by atoms with Crippen LogP contribution in [0.15, 0.2) is 11.6 Å². The number of aliphatic hydroxyl groups is 1. The van der Waals surface area contributed by atoms with Crippen molar-refractivity contribution >= 4 is 16.3 Å². The SMILES string of the molecule is COc1nc2sccn2c1CNC1(CO)CCCCC1. The minimum atomic E-state index is -0.135. The monoisotopic (exact) mass is 295 g/mol. The summed E-state index contributed by atoms with van der Waals surface area (Å²) in [6.07, 6.45) is 7.73. The Hall–Kier alpha value is -1.11. The van der Waals surface area contributed by atoms with Crippen LogP contribution in [0.3, 0.4) is 0 Å². The zero-order chi connectivity index (χ0) is 14.0. The van der Waals surface area contributed by atoms with Gasteiger partial charge in [-0.3, -0.25) is 4.40 Å². The molecule has 0 amide bonds. The van der Waals surface area contributed by atoms with Crippen LogP contribution < -0.4 is 10.1 Å². The molecule has 0 spiro atoms. The molecule has 2 aromatic rings. The maximum atomic E-state index is 9.76. The topological polar surface area (TPSA) is 58.8 Å². The summed E-state index contributed by atoms with van der Waals surface area (Å²) in [6, 6.07) is 0. The quantitative estimate of drug-likeness (QED) is 0.888. The molecular weight excluding hydrogens is 274 g/mol. The minimum absolute atomic E-state index is 0.135. The third-order valence-electron chi connectivity index (χ3n) is 4.26. The molecule has 3 rings (SSSR count). The number of methoxy groups -OCH3 is 1. The predicted molar refractivity (Wildman–Crippen MR) is 79.4 cm³/mol. The summed E-state index contributed by atoms with van der Waals surface area (Å²) >= 11 is 1.60. The van der Waals surface area contributed by atoms with Gasteiger partial charge in [-0.05, 0) is 12.8 Å². The summed E-state index contributed by atoms with van der Waals surface area (Å²) in [6.45, 7) is 0.864. The Morgan fingerprint density at radius 1 is 1.45 bits per heavy atom. The van der Waals surface area contributed by atoms with Gasteiger partial charge in [0.1, 0.15) is 5.69 Å². The van der Waals surface area contributed by atoms with Crippen molar-refractivity contribution in [1.29, 1.82) is 0 Å². The number of imidazole rings is 1. The number of hydrogen-bond donors (Lipinski definition) is 2. The summed E-state index contributed by atoms with van der Waals surface area (Å²) in [5.41, 5.74) is 0.894. The number of hydrogen-bond acceptors (Lipinski definition) is 5. The lowest BCUT2D eigenvalue weighted by molar-refractivity contribution is 0.119. The molecule has 0 saturated heterocycles. The van der Waals surface area contributed by atoms with Crippen LogP contribution in [0, 0.1) is 0 Å². The first-order chi connectivity index (χ1) is 9.78. The van der Waals surface area contributed by atoms with Gasteiger partial charge in [0.2, 0.25) is 5.88 Å². The van der Waals surface area contributed by atoms with Crippen LogP contribution >= 0.6 is 11.3 Å². The molecule has 2 N–H and O–H groups in total. The Labute approximate surface area is 122 Å². The molecule has 0 atom stereocenters. The summed E-state index contributed by atoms with van der Waals surface area (Å²) < 4.78 is 7.43. The molecular formula is C14H21N3O2S. The van der Waals surface area contributed by atoms with Crippen LogP contribution in [0.5, 0.6) is 5.88 Å². The van der Waals surface area contributed by atoms with Crippen molar-refractivity contribution in [1.82, 2.24) is 14.7 Å². The Kier molecular flexibility index (Phi) is 3.96. The van der Waals surface area contributed by atoms with Gasteiger partial charge in [-0.15, -0.1) is 11.3 Å². The first-order valence-corrected chi connectivity index (χ1v) is 8.00. The van der Waals surface area contributed by atoms with Crippen LogP contribution in [0.2, 0.25) is 0 Å². The number of nitrogens with one attached hydrogen (secondary N) is 1. The highest BCUT2D eigenvalue weighted by molar-refractivity contribution is 7.15. The van der Waals surface area contributed by atoms with Crippen LogP contribution in [-0.4, -0.2) is 33.7 Å². The highest BCUT2D eigenvalue weighted by Crippen LogP contribution is 2.29. The summed E-state index contributed by atoms with van der Waals surface area (Å²) in [4.78, 5) is 5.40. The third-order valence-corrected chi connectivity index (χ3v) is 5.02. The molecule has 2 heterocycles. The second-order valence-electron chi connectivity index (χ2n) is 5.48. The Morgan fingerprint density at radius 3 is 2.95 bits per heavy atom. The number of fused-ring (bicyclic) bond motifs is 1. The predicted octanol–water partition coefficient (Wildman–Crippen LogP) is 2.19. The van der Waals surface area contributed by atoms with Crippen molar-refractivity contribution in [2.75, 3.05) is 13.7 Å². The van der Waals surface area contributed by atoms with Gasteiger partial charge in [0.15, 0.2) is 4.96 Å². The van der Waals surface area contributed by atoms with Crippen molar-refractivity contribution < 1.29 is 9.84 Å². The van der Waals surface area contributed by atoms with Crippen molar-refractivity contribution in [3.05, 3.63) is 17.3 Å². The third kappa shape index (κ3) is 2.43. The average Bonchev–Trinajstić information content (AvgIpc) is 3.06. The normalized spacial score (nSPS) is 18.5. The average molecular weight is 295 g/mol. The Balaban J connectivity index is 1.80. The highest BCUT2D eigenvalue weighted by Gasteiger charge is 2.31. The molecule has 6 heteroatoms. The molecule has 1 aliphatic carbocycles. The van der Waals surface area contributed by atoms with E-state index in [1.165, 1.54) is 19.3 Å². The van der Waals surface area contributed by atoms with Gasteiger partial charge in [0, 0.05) is 23.7 Å². The Bertz CT molecular complexity index is 572. The van der Waals surface area contributed by atoms with E-state index in [1.807, 2.05) is 11.6 Å². The first kappa shape index (κ1) is 13.9. The molecule has 1 fully saturated rings. The number of aliphatic hydroxyl groups excluding tert-OH is 1. The van der Waals surface area contributed by atoms with E-state index >= 15 is 0 Å². The molecule has 0 aromatic carbocycles. The largest absolute Gasteiger partial charge is 0.480 e. The molecule has 0 bridgehead atoms. The van der Waals surface area contributed by atoms with Crippen molar-refractivity contribution in [3.63, 3.8) is 0 Å². The standard InChI is InChI=1S/C14H21N3O2S/c1-19-12-11(17-7-8-20-13(17)16-12)9-15-14(10-18)5-3-2-4-6-14/h7-8,15,18H,2-6,9-10H2,1H3. The summed E-state index contributed by atoms with van der Waals surface area (Å²) in [5, 5.41) is 15.3. The number of rotatable bonds is 5. The minimum Gasteiger partial charge on any atom is -0.480 e. The summed E-state index contributed by atoms with van der Waals surface area (Å²) in [7, 11) is 1.65. The molecule has 20 heavy (non-hydrogen) atoms. The number of ether oxygens (including phenoxy) is 1. The van der Waals surface area contributed by atoms with Gasteiger partial charge in [-0.25, -0.2) is 0 Å². The smallest absolute Gasteiger partial charge is 0.237 e. The maximum absolute atomic E-state index is 9.76. The van der Waals surface area contributed by atoms with Gasteiger partial charge in [0.05, 0.1) is 13.7 Å². The number of nitrogens with zero attached hydrogens (tertiary/aromatic N) is 2. The number of thiazole rings is 1. The van der Waals surface area contributed by atoms with Crippen LogP contribution in [-0.2, 0) is 6.54 Å². The van der Waals surface area contributed by atoms with E-state index in [2.05, 4.69) is 14.7 Å². The van der Waals surface area contributed by atoms with Crippen LogP contribution in [0.4, 0.5) is 0 Å². The van der Waals surface area contributed by atoms with E-state index in [0.29, 0.717) is 12.4 Å². The van der Waals surface area contributed by atoms with Crippen molar-refractivity contribution in [2.24, 2.45) is 0 Å². The lowest BCUT2D eigenvalue weighted by Crippen LogP contribution is -2.49. The fourth-order valence-corrected chi connectivity index (χ4v) is 3.75. The molecule has 5 nitrogen and oxygen atoms in total. The van der Waals surface area contributed by atoms with Crippen LogP contribution in [0.25, 0.3) is 4.96 Å². The zero-order valence-electron chi connectivity index (χ0n) is 11.8. The molecule has 1 saturated carbocycles. The first-order valence-electron chi connectivity index (χ1n) is 7.12. The van der Waals surface area contributed by atoms with Gasteiger partial charge in [-0.2, -0.15) is 4.98 Å². The molecule has 0 radical (unpaired) electrons. The van der Waals surface area contributed by atoms with E-state index in [4.69, 9.17) is 4.74 Å². The Morgan fingerprint density at radius 2 is 2.25 bits per heavy atom. The van der Waals surface area contributed by atoms with E-state index in [1.54, 1.807) is 18.4 Å². The molecule has 1 aliphatic rings. The molecule has 0 unspecified atom stereocenters. The van der Waals surface area contributed by atoms with E-state index in [-0.39, 0.29) is 12.1 Å². The van der Waals surface area contributed by atoms with Gasteiger partial charge in [-0.1, -0.05) is 19.3 Å². The van der Waals surface area contributed by atoms with E-state index in [9.17, 15) is 5.11 Å². The summed E-state index contributed by atoms with van der Waals surface area (Å²) in [5.74, 6) is 0.674. The lowest BCUT2D eigenvalue weighted by Gasteiger charge is -2.36. The molecule has 110 valence electrons. The fraction of sp³-hybridized carbons (Fsp3) is 0.643. The van der Waals surface area contributed by atoms with E-state index < -0.39 is 0 Å². The lowest BCUT2D eigenvalue weighted by atomic mass is 9.82. The van der Waals surface area contributed by atoms with Gasteiger partial charge >= 0.3 is 0 Å². The van der Waals surface area contributed by atoms with E-state index in [0.717, 1.165) is 23.5 Å². The highest BCUT2D eigenvalue weighted by atomic mass is 32.1. The van der Waals surface area contributed by atoms with Gasteiger partial charge < -0.3 is 15.2 Å². The molecule has 0 aliphatic heterocycles. The fourth-order valence-electron chi connectivity index (χ4n) is 3.03. The zero-order valence-corrected chi connectivity index (χ0v) is 12.6. The molecule has 2 aromatic heterocycles. The van der Waals surface area contributed by atoms with Crippen molar-refractivity contribution in [3.8, 4) is 5.88 Å². The van der Waals surface area contributed by atoms with Crippen molar-refractivity contribution in [2.45, 2.75) is 44.2 Å². The number of aromatic nitrogens is 2. The van der Waals surface area contributed by atoms with Crippen LogP contribution in [0.1, 0.15) is 37.8 Å². The second-order valence-corrected chi connectivity index (χ2v) is 6.35. The van der Waals surface area contributed by atoms with Gasteiger partial charge in [0.25, 0.3) is 0 Å². The maximum Gasteiger partial charge on any atom is 0.237 e.